The number of fused-ring (bicyclic) bond motifs is 1. The number of pyridine rings is 1. The number of aryl methyl sites for hydroxylation is 2. The monoisotopic (exact) mass is 286 g/mol. The molecule has 1 N–H and O–H groups in total. The summed E-state index contributed by atoms with van der Waals surface area (Å²) >= 11 is 0. The fourth-order valence-electron chi connectivity index (χ4n) is 3.01. The van der Waals surface area contributed by atoms with Crippen molar-refractivity contribution < 1.29 is 4.74 Å². The number of nitrogens with one attached hydrogen (secondary N) is 1. The summed E-state index contributed by atoms with van der Waals surface area (Å²) in [5.41, 5.74) is 3.11. The Hall–Kier alpha value is -1.64. The molecule has 2 heterocycles. The van der Waals surface area contributed by atoms with Gasteiger partial charge in [0.25, 0.3) is 0 Å². The highest BCUT2D eigenvalue weighted by molar-refractivity contribution is 5.54. The molecule has 0 spiro atoms. The lowest BCUT2D eigenvalue weighted by atomic mass is 9.95. The number of morpholine rings is 1. The summed E-state index contributed by atoms with van der Waals surface area (Å²) in [6, 6.07) is 4.30. The molecule has 112 valence electrons. The molecule has 0 radical (unpaired) electrons. The van der Waals surface area contributed by atoms with Crippen LogP contribution >= 0.6 is 0 Å². The molecule has 1 fully saturated rings. The summed E-state index contributed by atoms with van der Waals surface area (Å²) < 4.78 is 5.35. The standard InChI is InChI=1S/C16H22N4O/c17-12-14-11-13-3-1-2-4-15(13)19-16(14)18-5-6-20-7-9-21-10-8-20/h11H,1-10H2,(H,18,19). The molecule has 21 heavy (non-hydrogen) atoms. The van der Waals surface area contributed by atoms with Crippen molar-refractivity contribution >= 4 is 5.82 Å². The smallest absolute Gasteiger partial charge is 0.144 e. The minimum Gasteiger partial charge on any atom is -0.379 e. The molecule has 5 nitrogen and oxygen atoms in total. The maximum absolute atomic E-state index is 9.31. The van der Waals surface area contributed by atoms with E-state index in [-0.39, 0.29) is 0 Å². The number of hydrogen-bond acceptors (Lipinski definition) is 5. The lowest BCUT2D eigenvalue weighted by Gasteiger charge is -2.26. The van der Waals surface area contributed by atoms with Gasteiger partial charge in [-0.15, -0.1) is 0 Å². The molecule has 1 saturated heterocycles. The molecule has 0 atom stereocenters. The number of rotatable bonds is 4. The Morgan fingerprint density at radius 1 is 1.29 bits per heavy atom. The number of ether oxygens (including phenoxy) is 1. The molecule has 0 aromatic carbocycles. The molecule has 5 heteroatoms. The van der Waals surface area contributed by atoms with Crippen molar-refractivity contribution in [3.05, 3.63) is 22.9 Å². The van der Waals surface area contributed by atoms with E-state index in [1.54, 1.807) is 0 Å². The molecule has 2 aliphatic rings. The van der Waals surface area contributed by atoms with Crippen molar-refractivity contribution in [1.82, 2.24) is 9.88 Å². The SMILES string of the molecule is N#Cc1cc2c(nc1NCCN1CCOCC1)CCCC2. The van der Waals surface area contributed by atoms with E-state index in [1.807, 2.05) is 6.07 Å². The second-order valence-corrected chi connectivity index (χ2v) is 5.69. The van der Waals surface area contributed by atoms with Gasteiger partial charge in [0.2, 0.25) is 0 Å². The van der Waals surface area contributed by atoms with Gasteiger partial charge in [-0.05, 0) is 37.3 Å². The van der Waals surface area contributed by atoms with Gasteiger partial charge in [0, 0.05) is 31.9 Å². The Labute approximate surface area is 125 Å². The van der Waals surface area contributed by atoms with E-state index in [1.165, 1.54) is 24.1 Å². The highest BCUT2D eigenvalue weighted by Crippen LogP contribution is 2.24. The molecule has 0 saturated carbocycles. The number of anilines is 1. The first-order valence-electron chi connectivity index (χ1n) is 7.83. The van der Waals surface area contributed by atoms with E-state index in [4.69, 9.17) is 4.74 Å². The van der Waals surface area contributed by atoms with Crippen LogP contribution < -0.4 is 5.32 Å². The van der Waals surface area contributed by atoms with Gasteiger partial charge in [0.15, 0.2) is 0 Å². The van der Waals surface area contributed by atoms with Gasteiger partial charge in [-0.1, -0.05) is 0 Å². The predicted molar refractivity (Wildman–Crippen MR) is 81.3 cm³/mol. The first-order chi connectivity index (χ1) is 10.4. The quantitative estimate of drug-likeness (QED) is 0.910. The van der Waals surface area contributed by atoms with Gasteiger partial charge < -0.3 is 10.1 Å². The van der Waals surface area contributed by atoms with E-state index < -0.39 is 0 Å². The van der Waals surface area contributed by atoms with Crippen LogP contribution in [0.2, 0.25) is 0 Å². The van der Waals surface area contributed by atoms with Crippen LogP contribution in [0.15, 0.2) is 6.07 Å². The van der Waals surface area contributed by atoms with Crippen LogP contribution in [0.1, 0.15) is 29.7 Å². The highest BCUT2D eigenvalue weighted by atomic mass is 16.5. The third-order valence-electron chi connectivity index (χ3n) is 4.25. The molecule has 1 aromatic heterocycles. The summed E-state index contributed by atoms with van der Waals surface area (Å²) in [4.78, 5) is 7.07. The Balaban J connectivity index is 1.62. The molecule has 0 unspecified atom stereocenters. The lowest BCUT2D eigenvalue weighted by molar-refractivity contribution is 0.0398. The zero-order valence-electron chi connectivity index (χ0n) is 12.4. The Bertz CT molecular complexity index is 532. The van der Waals surface area contributed by atoms with Crippen molar-refractivity contribution in [3.8, 4) is 6.07 Å². The van der Waals surface area contributed by atoms with E-state index in [9.17, 15) is 5.26 Å². The van der Waals surface area contributed by atoms with Crippen LogP contribution in [-0.4, -0.2) is 49.3 Å². The van der Waals surface area contributed by atoms with Crippen molar-refractivity contribution in [3.63, 3.8) is 0 Å². The number of nitriles is 1. The van der Waals surface area contributed by atoms with Crippen molar-refractivity contribution in [1.29, 1.82) is 5.26 Å². The normalized spacial score (nSPS) is 18.8. The molecular weight excluding hydrogens is 264 g/mol. The molecule has 3 rings (SSSR count). The van der Waals surface area contributed by atoms with Gasteiger partial charge in [-0.2, -0.15) is 5.26 Å². The maximum atomic E-state index is 9.31. The van der Waals surface area contributed by atoms with Crippen LogP contribution in [0.5, 0.6) is 0 Å². The topological polar surface area (TPSA) is 61.2 Å². The van der Waals surface area contributed by atoms with Gasteiger partial charge in [-0.3, -0.25) is 4.90 Å². The summed E-state index contributed by atoms with van der Waals surface area (Å²) in [7, 11) is 0. The molecule has 1 aliphatic heterocycles. The number of hydrogen-bond donors (Lipinski definition) is 1. The molecule has 1 aromatic rings. The van der Waals surface area contributed by atoms with Gasteiger partial charge in [0.1, 0.15) is 11.9 Å². The average molecular weight is 286 g/mol. The second kappa shape index (κ2) is 6.88. The third kappa shape index (κ3) is 3.52. The summed E-state index contributed by atoms with van der Waals surface area (Å²) in [6.07, 6.45) is 4.52. The Morgan fingerprint density at radius 2 is 2.10 bits per heavy atom. The zero-order chi connectivity index (χ0) is 14.5. The van der Waals surface area contributed by atoms with E-state index in [0.29, 0.717) is 5.56 Å². The summed E-state index contributed by atoms with van der Waals surface area (Å²) in [5.74, 6) is 0.756. The molecular formula is C16H22N4O. The van der Waals surface area contributed by atoms with Crippen molar-refractivity contribution in [2.24, 2.45) is 0 Å². The number of aromatic nitrogens is 1. The number of nitrogens with zero attached hydrogens (tertiary/aromatic N) is 3. The fraction of sp³-hybridized carbons (Fsp3) is 0.625. The van der Waals surface area contributed by atoms with Gasteiger partial charge >= 0.3 is 0 Å². The van der Waals surface area contributed by atoms with Crippen molar-refractivity contribution in [2.45, 2.75) is 25.7 Å². The van der Waals surface area contributed by atoms with Gasteiger partial charge in [-0.25, -0.2) is 4.98 Å². The van der Waals surface area contributed by atoms with Crippen LogP contribution in [0.25, 0.3) is 0 Å². The van der Waals surface area contributed by atoms with E-state index >= 15 is 0 Å². The van der Waals surface area contributed by atoms with Crippen LogP contribution in [0, 0.1) is 11.3 Å². The lowest BCUT2D eigenvalue weighted by Crippen LogP contribution is -2.39. The first kappa shape index (κ1) is 14.3. The third-order valence-corrected chi connectivity index (χ3v) is 4.25. The van der Waals surface area contributed by atoms with Crippen LogP contribution in [0.4, 0.5) is 5.82 Å². The predicted octanol–water partition coefficient (Wildman–Crippen LogP) is 1.58. The Morgan fingerprint density at radius 3 is 2.90 bits per heavy atom. The second-order valence-electron chi connectivity index (χ2n) is 5.69. The molecule has 0 bridgehead atoms. The van der Waals surface area contributed by atoms with E-state index in [2.05, 4.69) is 21.3 Å². The highest BCUT2D eigenvalue weighted by Gasteiger charge is 2.15. The molecule has 1 aliphatic carbocycles. The maximum Gasteiger partial charge on any atom is 0.144 e. The largest absolute Gasteiger partial charge is 0.379 e. The summed E-state index contributed by atoms with van der Waals surface area (Å²) in [6.45, 7) is 5.41. The molecule has 0 amide bonds. The first-order valence-corrected chi connectivity index (χ1v) is 7.83. The zero-order valence-corrected chi connectivity index (χ0v) is 12.4. The Kier molecular flexibility index (Phi) is 4.69. The van der Waals surface area contributed by atoms with Crippen LogP contribution in [-0.2, 0) is 17.6 Å². The fourth-order valence-corrected chi connectivity index (χ4v) is 3.01. The van der Waals surface area contributed by atoms with Crippen LogP contribution in [0.3, 0.4) is 0 Å². The van der Waals surface area contributed by atoms with Gasteiger partial charge in [0.05, 0.1) is 18.8 Å². The van der Waals surface area contributed by atoms with Crippen molar-refractivity contribution in [2.75, 3.05) is 44.7 Å². The minimum absolute atomic E-state index is 0.678. The minimum atomic E-state index is 0.678. The average Bonchev–Trinajstić information content (AvgIpc) is 2.55. The van der Waals surface area contributed by atoms with E-state index in [0.717, 1.165) is 58.1 Å². The summed E-state index contributed by atoms with van der Waals surface area (Å²) in [5, 5.41) is 12.7.